The highest BCUT2D eigenvalue weighted by molar-refractivity contribution is 6.30. The highest BCUT2D eigenvalue weighted by Gasteiger charge is 2.35. The third kappa shape index (κ3) is 4.11. The Morgan fingerprint density at radius 3 is 2.46 bits per heavy atom. The molecule has 0 saturated heterocycles. The van der Waals surface area contributed by atoms with Crippen molar-refractivity contribution in [2.75, 3.05) is 5.01 Å². The third-order valence-electron chi connectivity index (χ3n) is 4.42. The number of hydrazone groups is 1. The van der Waals surface area contributed by atoms with Gasteiger partial charge in [0, 0.05) is 16.3 Å². The van der Waals surface area contributed by atoms with Gasteiger partial charge in [0.05, 0.1) is 23.2 Å². The largest absolute Gasteiger partial charge is 0.478 e. The quantitative estimate of drug-likeness (QED) is 0.773. The second kappa shape index (κ2) is 8.07. The number of halogens is 1. The summed E-state index contributed by atoms with van der Waals surface area (Å²) in [5.41, 5.74) is 2.35. The standard InChI is InChI=1S/C21H16ClN3O3/c1-13-19(20(26)25(24-13)18-8-6-17(22)7-9-18)11-16(21(27)28)10-14-2-4-15(12-23)5-3-14/h2-10,19H,11H2,1H3,(H,27,28)/b16-10-. The lowest BCUT2D eigenvalue weighted by Gasteiger charge is -2.14. The summed E-state index contributed by atoms with van der Waals surface area (Å²) in [4.78, 5) is 24.5. The van der Waals surface area contributed by atoms with Crippen molar-refractivity contribution in [2.24, 2.45) is 11.0 Å². The van der Waals surface area contributed by atoms with Crippen LogP contribution in [0.3, 0.4) is 0 Å². The molecule has 7 heteroatoms. The van der Waals surface area contributed by atoms with Gasteiger partial charge in [-0.3, -0.25) is 4.79 Å². The average Bonchev–Trinajstić information content (AvgIpc) is 2.96. The fourth-order valence-electron chi connectivity index (χ4n) is 2.89. The molecule has 6 nitrogen and oxygen atoms in total. The van der Waals surface area contributed by atoms with E-state index in [1.54, 1.807) is 55.5 Å². The summed E-state index contributed by atoms with van der Waals surface area (Å²) in [6.07, 6.45) is 1.53. The molecule has 0 saturated carbocycles. The Bertz CT molecular complexity index is 1020. The van der Waals surface area contributed by atoms with E-state index in [1.807, 2.05) is 6.07 Å². The minimum Gasteiger partial charge on any atom is -0.478 e. The molecular weight excluding hydrogens is 378 g/mol. The molecule has 2 aromatic carbocycles. The van der Waals surface area contributed by atoms with Crippen molar-refractivity contribution in [3.05, 3.63) is 70.3 Å². The Balaban J connectivity index is 1.83. The number of hydrogen-bond donors (Lipinski definition) is 1. The summed E-state index contributed by atoms with van der Waals surface area (Å²) in [5, 5.41) is 24.6. The van der Waals surface area contributed by atoms with Gasteiger partial charge in [0.1, 0.15) is 0 Å². The molecule has 1 aliphatic rings. The van der Waals surface area contributed by atoms with Crippen LogP contribution in [0.2, 0.25) is 5.02 Å². The topological polar surface area (TPSA) is 93.8 Å². The highest BCUT2D eigenvalue weighted by Crippen LogP contribution is 2.29. The van der Waals surface area contributed by atoms with E-state index in [0.29, 0.717) is 27.5 Å². The van der Waals surface area contributed by atoms with E-state index in [1.165, 1.54) is 11.1 Å². The van der Waals surface area contributed by atoms with Crippen molar-refractivity contribution in [3.8, 4) is 6.07 Å². The van der Waals surface area contributed by atoms with Gasteiger partial charge in [-0.05, 0) is 61.4 Å². The molecule has 0 spiro atoms. The molecule has 0 aliphatic carbocycles. The number of nitrogens with zero attached hydrogens (tertiary/aromatic N) is 3. The number of rotatable bonds is 5. The van der Waals surface area contributed by atoms with Gasteiger partial charge in [0.2, 0.25) is 0 Å². The van der Waals surface area contributed by atoms with Crippen molar-refractivity contribution in [3.63, 3.8) is 0 Å². The number of amides is 1. The molecule has 1 unspecified atom stereocenters. The molecule has 1 N–H and O–H groups in total. The van der Waals surface area contributed by atoms with Crippen LogP contribution in [0, 0.1) is 17.2 Å². The van der Waals surface area contributed by atoms with Crippen molar-refractivity contribution < 1.29 is 14.7 Å². The van der Waals surface area contributed by atoms with E-state index in [4.69, 9.17) is 16.9 Å². The Kier molecular flexibility index (Phi) is 5.57. The summed E-state index contributed by atoms with van der Waals surface area (Å²) in [6.45, 7) is 1.71. The van der Waals surface area contributed by atoms with Crippen molar-refractivity contribution in [2.45, 2.75) is 13.3 Å². The van der Waals surface area contributed by atoms with Gasteiger partial charge < -0.3 is 5.11 Å². The fourth-order valence-corrected chi connectivity index (χ4v) is 3.01. The smallest absolute Gasteiger partial charge is 0.331 e. The van der Waals surface area contributed by atoms with E-state index in [9.17, 15) is 14.7 Å². The minimum atomic E-state index is -1.10. The third-order valence-corrected chi connectivity index (χ3v) is 4.67. The van der Waals surface area contributed by atoms with E-state index >= 15 is 0 Å². The molecule has 140 valence electrons. The molecule has 0 aromatic heterocycles. The second-order valence-electron chi connectivity index (χ2n) is 6.33. The van der Waals surface area contributed by atoms with Crippen LogP contribution in [0.5, 0.6) is 0 Å². The second-order valence-corrected chi connectivity index (χ2v) is 6.77. The highest BCUT2D eigenvalue weighted by atomic mass is 35.5. The maximum absolute atomic E-state index is 12.8. The number of aliphatic carboxylic acids is 1. The van der Waals surface area contributed by atoms with Crippen molar-refractivity contribution in [1.29, 1.82) is 5.26 Å². The molecule has 1 heterocycles. The van der Waals surface area contributed by atoms with E-state index in [0.717, 1.165) is 0 Å². The van der Waals surface area contributed by atoms with Gasteiger partial charge in [-0.15, -0.1) is 0 Å². The molecule has 0 fully saturated rings. The summed E-state index contributed by atoms with van der Waals surface area (Å²) < 4.78 is 0. The lowest BCUT2D eigenvalue weighted by Crippen LogP contribution is -2.28. The van der Waals surface area contributed by atoms with E-state index in [-0.39, 0.29) is 17.9 Å². The zero-order valence-corrected chi connectivity index (χ0v) is 15.7. The number of nitriles is 1. The van der Waals surface area contributed by atoms with Crippen LogP contribution in [0.1, 0.15) is 24.5 Å². The maximum Gasteiger partial charge on any atom is 0.331 e. The maximum atomic E-state index is 12.8. The molecule has 1 aliphatic heterocycles. The van der Waals surface area contributed by atoms with E-state index < -0.39 is 11.9 Å². The van der Waals surface area contributed by atoms with Gasteiger partial charge in [0.25, 0.3) is 5.91 Å². The van der Waals surface area contributed by atoms with Crippen LogP contribution in [0.25, 0.3) is 6.08 Å². The average molecular weight is 394 g/mol. The predicted molar refractivity (Wildman–Crippen MR) is 107 cm³/mol. The zero-order valence-electron chi connectivity index (χ0n) is 15.0. The first kappa shape index (κ1) is 19.3. The molecule has 1 atom stereocenters. The van der Waals surface area contributed by atoms with Crippen molar-refractivity contribution in [1.82, 2.24) is 0 Å². The Labute approximate surface area is 167 Å². The monoisotopic (exact) mass is 393 g/mol. The summed E-state index contributed by atoms with van der Waals surface area (Å²) >= 11 is 5.88. The molecule has 0 bridgehead atoms. The lowest BCUT2D eigenvalue weighted by atomic mass is 9.94. The van der Waals surface area contributed by atoms with Crippen molar-refractivity contribution >= 4 is 41.0 Å². The number of carbonyl (C=O) groups excluding carboxylic acids is 1. The summed E-state index contributed by atoms with van der Waals surface area (Å²) in [7, 11) is 0. The molecule has 0 radical (unpaired) electrons. The molecule has 28 heavy (non-hydrogen) atoms. The number of hydrogen-bond acceptors (Lipinski definition) is 4. The van der Waals surface area contributed by atoms with Crippen LogP contribution in [-0.2, 0) is 9.59 Å². The number of carboxylic acids is 1. The number of carbonyl (C=O) groups is 2. The van der Waals surface area contributed by atoms with Crippen LogP contribution >= 0.6 is 11.6 Å². The van der Waals surface area contributed by atoms with Crippen LogP contribution in [-0.4, -0.2) is 22.7 Å². The number of carboxylic acid groups (broad SMARTS) is 1. The minimum absolute atomic E-state index is 0.0214. The summed E-state index contributed by atoms with van der Waals surface area (Å²) in [5.74, 6) is -2.04. The Morgan fingerprint density at radius 2 is 1.89 bits per heavy atom. The predicted octanol–water partition coefficient (Wildman–Crippen LogP) is 4.11. The number of anilines is 1. The first-order valence-corrected chi connectivity index (χ1v) is 8.85. The van der Waals surface area contributed by atoms with Gasteiger partial charge in [-0.2, -0.15) is 10.4 Å². The van der Waals surface area contributed by atoms with Gasteiger partial charge in [-0.1, -0.05) is 23.7 Å². The zero-order chi connectivity index (χ0) is 20.3. The summed E-state index contributed by atoms with van der Waals surface area (Å²) in [6, 6.07) is 15.3. The van der Waals surface area contributed by atoms with Crippen LogP contribution < -0.4 is 5.01 Å². The Morgan fingerprint density at radius 1 is 1.25 bits per heavy atom. The normalized spacial score (nSPS) is 16.7. The van der Waals surface area contributed by atoms with Gasteiger partial charge >= 0.3 is 5.97 Å². The fraction of sp³-hybridized carbons (Fsp3) is 0.143. The van der Waals surface area contributed by atoms with Gasteiger partial charge in [-0.25, -0.2) is 9.80 Å². The lowest BCUT2D eigenvalue weighted by molar-refractivity contribution is -0.132. The molecule has 1 amide bonds. The molecule has 3 rings (SSSR count). The number of benzene rings is 2. The first-order valence-electron chi connectivity index (χ1n) is 8.47. The van der Waals surface area contributed by atoms with Crippen LogP contribution in [0.15, 0.2) is 59.2 Å². The SMILES string of the molecule is CC1=NN(c2ccc(Cl)cc2)C(=O)C1C/C(=C/c1ccc(C#N)cc1)C(=O)O. The van der Waals surface area contributed by atoms with E-state index in [2.05, 4.69) is 5.10 Å². The first-order chi connectivity index (χ1) is 13.4. The molecular formula is C21H16ClN3O3. The molecule has 2 aromatic rings. The Hall–Kier alpha value is -3.43. The van der Waals surface area contributed by atoms with Gasteiger partial charge in [0.15, 0.2) is 0 Å². The van der Waals surface area contributed by atoms with Crippen LogP contribution in [0.4, 0.5) is 5.69 Å².